The van der Waals surface area contributed by atoms with Crippen LogP contribution in [0.4, 0.5) is 0 Å². The fourth-order valence-electron chi connectivity index (χ4n) is 7.64. The lowest BCUT2D eigenvalue weighted by Crippen LogP contribution is -2.09. The average molecular weight is 803 g/mol. The van der Waals surface area contributed by atoms with Gasteiger partial charge in [-0.2, -0.15) is 0 Å². The Morgan fingerprint density at radius 1 is 0.230 bits per heavy atom. The summed E-state index contributed by atoms with van der Waals surface area (Å²) in [5.41, 5.74) is 5.25. The molecule has 0 unspecified atom stereocenters. The van der Waals surface area contributed by atoms with Crippen molar-refractivity contribution < 1.29 is 0 Å². The van der Waals surface area contributed by atoms with Crippen LogP contribution >= 0.6 is 10.0 Å². The monoisotopic (exact) mass is 802 g/mol. The Morgan fingerprint density at radius 3 is 0.803 bits per heavy atom. The summed E-state index contributed by atoms with van der Waals surface area (Å²) >= 11 is 0. The van der Waals surface area contributed by atoms with Gasteiger partial charge in [0.25, 0.3) is 0 Å². The van der Waals surface area contributed by atoms with Gasteiger partial charge in [0, 0.05) is 53.0 Å². The van der Waals surface area contributed by atoms with Crippen molar-refractivity contribution in [2.75, 3.05) is 0 Å². The summed E-state index contributed by atoms with van der Waals surface area (Å²) in [6.07, 6.45) is 0. The van der Waals surface area contributed by atoms with E-state index in [0.29, 0.717) is 34.9 Å². The van der Waals surface area contributed by atoms with Crippen LogP contribution in [0, 0.1) is 0 Å². The van der Waals surface area contributed by atoms with Gasteiger partial charge in [0.2, 0.25) is 0 Å². The first-order valence-electron chi connectivity index (χ1n) is 20.1. The van der Waals surface area contributed by atoms with Crippen LogP contribution in [0.5, 0.6) is 0 Å². The van der Waals surface area contributed by atoms with E-state index in [1.165, 1.54) is 14.7 Å². The Labute approximate surface area is 356 Å². The minimum Gasteiger partial charge on any atom is -0.208 e. The molecule has 7 heteroatoms. The van der Waals surface area contributed by atoms with Gasteiger partial charge in [-0.3, -0.25) is 0 Å². The van der Waals surface area contributed by atoms with E-state index < -0.39 is 10.0 Å². The molecule has 0 aliphatic heterocycles. The van der Waals surface area contributed by atoms with E-state index in [9.17, 15) is 0 Å². The molecule has 0 saturated carbocycles. The zero-order valence-corrected chi connectivity index (χ0v) is 33.8. The predicted molar refractivity (Wildman–Crippen MR) is 246 cm³/mol. The number of nitrogens with zero attached hydrogens (tertiary/aromatic N) is 6. The molecule has 2 heterocycles. The van der Waals surface area contributed by atoms with Crippen molar-refractivity contribution in [1.82, 2.24) is 29.9 Å². The zero-order chi connectivity index (χ0) is 40.9. The zero-order valence-electron chi connectivity index (χ0n) is 33.0. The summed E-state index contributed by atoms with van der Waals surface area (Å²) in [6, 6.07) is 79.4. The van der Waals surface area contributed by atoms with E-state index in [1.54, 1.807) is 0 Å². The highest BCUT2D eigenvalue weighted by atomic mass is 32.3. The molecule has 10 rings (SSSR count). The van der Waals surface area contributed by atoms with E-state index in [2.05, 4.69) is 109 Å². The third-order valence-electron chi connectivity index (χ3n) is 10.5. The Bertz CT molecular complexity index is 2830. The minimum absolute atomic E-state index is 0.542. The van der Waals surface area contributed by atoms with E-state index in [4.69, 9.17) is 29.9 Å². The van der Waals surface area contributed by atoms with Gasteiger partial charge < -0.3 is 0 Å². The number of hydrogen-bond acceptors (Lipinski definition) is 6. The number of hydrogen-bond donors (Lipinski definition) is 0. The van der Waals surface area contributed by atoms with Crippen LogP contribution in [0.3, 0.4) is 0 Å². The van der Waals surface area contributed by atoms with Gasteiger partial charge in [-0.1, -0.05) is 182 Å². The van der Waals surface area contributed by atoms with E-state index in [1.807, 2.05) is 121 Å². The van der Waals surface area contributed by atoms with Crippen molar-refractivity contribution in [3.8, 4) is 68.3 Å². The quantitative estimate of drug-likeness (QED) is 0.137. The molecule has 0 aliphatic carbocycles. The fraction of sp³-hybridized carbons (Fsp3) is 0. The SMILES string of the molecule is c1ccc(-c2nc(-c3ccccc3)nc(-c3ccc(S(c4ccccc4)(c4ccccc4)c4ccccc4)c(-c4nc(-c5ccccc5)nc(-c5ccccc5)n4)c3)n2)cc1. The third-order valence-corrected chi connectivity index (χ3v) is 14.5. The Kier molecular flexibility index (Phi) is 10.3. The van der Waals surface area contributed by atoms with Crippen LogP contribution in [0.1, 0.15) is 0 Å². The summed E-state index contributed by atoms with van der Waals surface area (Å²) in [5.74, 6) is 3.43. The maximum atomic E-state index is 5.36. The molecule has 0 aliphatic rings. The molecule has 10 aromatic rings. The second kappa shape index (κ2) is 16.8. The van der Waals surface area contributed by atoms with Crippen molar-refractivity contribution in [3.63, 3.8) is 0 Å². The third kappa shape index (κ3) is 7.39. The topological polar surface area (TPSA) is 77.3 Å². The molecule has 0 atom stereocenters. The lowest BCUT2D eigenvalue weighted by molar-refractivity contribution is 1.06. The maximum absolute atomic E-state index is 5.36. The van der Waals surface area contributed by atoms with Gasteiger partial charge in [-0.05, 0) is 48.5 Å². The number of aromatic nitrogens is 6. The van der Waals surface area contributed by atoms with Gasteiger partial charge >= 0.3 is 0 Å². The van der Waals surface area contributed by atoms with Crippen molar-refractivity contribution in [2.24, 2.45) is 0 Å². The highest BCUT2D eigenvalue weighted by Crippen LogP contribution is 2.74. The molecule has 290 valence electrons. The highest BCUT2D eigenvalue weighted by Gasteiger charge is 2.36. The molecule has 0 spiro atoms. The van der Waals surface area contributed by atoms with Gasteiger partial charge in [-0.25, -0.2) is 29.9 Å². The first-order chi connectivity index (χ1) is 30.2. The summed E-state index contributed by atoms with van der Waals surface area (Å²) < 4.78 is 0. The summed E-state index contributed by atoms with van der Waals surface area (Å²) in [4.78, 5) is 35.7. The van der Waals surface area contributed by atoms with Crippen molar-refractivity contribution >= 4 is 10.0 Å². The Balaban J connectivity index is 1.32. The van der Waals surface area contributed by atoms with Crippen LogP contribution in [0.2, 0.25) is 0 Å². The van der Waals surface area contributed by atoms with Crippen LogP contribution in [0.15, 0.2) is 250 Å². The standard InChI is InChI=1S/C54H38N6S/c1-8-22-39(23-9-1)49-55-50(40-24-10-2-11-25-40)58-53(57-49)43-36-37-48(61(44-30-16-5-17-31-44,45-32-18-6-19-33-45)46-34-20-7-21-35-46)47(38-43)54-59-51(41-26-12-3-13-27-41)56-52(60-54)42-28-14-4-15-29-42/h1-38H. The van der Waals surface area contributed by atoms with Gasteiger partial charge in [-0.15, -0.1) is 10.0 Å². The number of benzene rings is 8. The second-order valence-corrected chi connectivity index (χ2v) is 17.4. The molecule has 0 saturated heterocycles. The normalized spacial score (nSPS) is 11.5. The van der Waals surface area contributed by atoms with Gasteiger partial charge in [0.1, 0.15) is 0 Å². The summed E-state index contributed by atoms with van der Waals surface area (Å²) in [6.45, 7) is 0. The van der Waals surface area contributed by atoms with Crippen LogP contribution in [-0.2, 0) is 0 Å². The molecule has 8 aromatic carbocycles. The van der Waals surface area contributed by atoms with Crippen LogP contribution in [0.25, 0.3) is 68.3 Å². The van der Waals surface area contributed by atoms with Crippen LogP contribution in [-0.4, -0.2) is 29.9 Å². The summed E-state index contributed by atoms with van der Waals surface area (Å²) in [7, 11) is -2.20. The first kappa shape index (κ1) is 37.4. The molecule has 0 bridgehead atoms. The molecular weight excluding hydrogens is 765 g/mol. The smallest absolute Gasteiger partial charge is 0.165 e. The predicted octanol–water partition coefficient (Wildman–Crippen LogP) is 13.4. The lowest BCUT2D eigenvalue weighted by atomic mass is 10.1. The molecule has 0 radical (unpaired) electrons. The second-order valence-electron chi connectivity index (χ2n) is 14.3. The summed E-state index contributed by atoms with van der Waals surface area (Å²) in [5, 5.41) is 0. The molecule has 61 heavy (non-hydrogen) atoms. The Hall–Kier alpha value is -7.87. The van der Waals surface area contributed by atoms with Gasteiger partial charge in [0.05, 0.1) is 0 Å². The molecular formula is C54H38N6S. The first-order valence-corrected chi connectivity index (χ1v) is 21.7. The highest BCUT2D eigenvalue weighted by molar-refractivity contribution is 8.34. The molecule has 6 nitrogen and oxygen atoms in total. The van der Waals surface area contributed by atoms with E-state index >= 15 is 0 Å². The number of rotatable bonds is 10. The molecule has 0 N–H and O–H groups in total. The lowest BCUT2D eigenvalue weighted by Gasteiger charge is -2.43. The fourth-order valence-corrected chi connectivity index (χ4v) is 11.7. The van der Waals surface area contributed by atoms with Gasteiger partial charge in [0.15, 0.2) is 34.9 Å². The minimum atomic E-state index is -2.20. The Morgan fingerprint density at radius 2 is 0.492 bits per heavy atom. The molecule has 0 amide bonds. The van der Waals surface area contributed by atoms with Crippen molar-refractivity contribution in [1.29, 1.82) is 0 Å². The average Bonchev–Trinajstić information content (AvgIpc) is 3.36. The maximum Gasteiger partial charge on any atom is 0.165 e. The van der Waals surface area contributed by atoms with Crippen molar-refractivity contribution in [3.05, 3.63) is 231 Å². The molecule has 0 fully saturated rings. The van der Waals surface area contributed by atoms with E-state index in [-0.39, 0.29) is 0 Å². The largest absolute Gasteiger partial charge is 0.208 e. The van der Waals surface area contributed by atoms with Crippen LogP contribution < -0.4 is 0 Å². The molecule has 2 aromatic heterocycles. The van der Waals surface area contributed by atoms with E-state index in [0.717, 1.165) is 38.3 Å². The van der Waals surface area contributed by atoms with Crippen molar-refractivity contribution in [2.45, 2.75) is 19.6 Å².